The fourth-order valence-electron chi connectivity index (χ4n) is 0.912. The van der Waals surface area contributed by atoms with E-state index in [2.05, 4.69) is 37.7 Å². The fourth-order valence-corrected chi connectivity index (χ4v) is 1.41. The molecule has 0 radical (unpaired) electrons. The molecule has 0 aliphatic heterocycles. The van der Waals surface area contributed by atoms with Gasteiger partial charge in [-0.05, 0) is 13.3 Å². The first kappa shape index (κ1) is 21.6. The van der Waals surface area contributed by atoms with Crippen LogP contribution in [0.15, 0.2) is 12.4 Å². The molecule has 1 atom stereocenters. The second-order valence-electron chi connectivity index (χ2n) is 3.57. The Morgan fingerprint density at radius 1 is 1.20 bits per heavy atom. The van der Waals surface area contributed by atoms with E-state index in [1.165, 1.54) is 26.4 Å². The van der Waals surface area contributed by atoms with Crippen LogP contribution in [0, 0.1) is 0 Å². The molecule has 1 aromatic rings. The SMILES string of the molecule is C=P([O-])(OC)OCC.CCCCCOC.c1cn[nH]n1. The molecule has 7 nitrogen and oxygen atoms in total. The third-order valence-corrected chi connectivity index (χ3v) is 3.10. The Hall–Kier alpha value is -0.720. The van der Waals surface area contributed by atoms with E-state index in [1.54, 1.807) is 26.4 Å². The largest absolute Gasteiger partial charge is 0.789 e. The van der Waals surface area contributed by atoms with E-state index >= 15 is 0 Å². The summed E-state index contributed by atoms with van der Waals surface area (Å²) in [6, 6.07) is 0. The first-order chi connectivity index (χ1) is 9.54. The maximum absolute atomic E-state index is 10.6. The molecule has 0 spiro atoms. The monoisotopic (exact) mass is 308 g/mol. The molecule has 0 saturated heterocycles. The molecule has 0 fully saturated rings. The van der Waals surface area contributed by atoms with Gasteiger partial charge in [0.05, 0.1) is 12.4 Å². The number of aromatic amines is 1. The maximum atomic E-state index is 10.6. The van der Waals surface area contributed by atoms with Gasteiger partial charge in [-0.15, -0.1) is 0 Å². The average molecular weight is 308 g/mol. The lowest BCUT2D eigenvalue weighted by Gasteiger charge is -2.26. The minimum atomic E-state index is -2.92. The molecule has 0 amide bonds. The summed E-state index contributed by atoms with van der Waals surface area (Å²) in [6.45, 7) is 5.22. The number of nitrogens with one attached hydrogen (secondary N) is 1. The molecule has 0 aromatic carbocycles. The predicted molar refractivity (Wildman–Crippen MR) is 80.5 cm³/mol. The lowest BCUT2D eigenvalue weighted by atomic mass is 10.3. The average Bonchev–Trinajstić information content (AvgIpc) is 2.99. The van der Waals surface area contributed by atoms with Crippen LogP contribution in [-0.2, 0) is 13.8 Å². The highest BCUT2D eigenvalue weighted by molar-refractivity contribution is 7.57. The van der Waals surface area contributed by atoms with E-state index in [-0.39, 0.29) is 0 Å². The zero-order valence-corrected chi connectivity index (χ0v) is 13.8. The topological polar surface area (TPSA) is 92.3 Å². The van der Waals surface area contributed by atoms with Crippen molar-refractivity contribution in [3.05, 3.63) is 12.4 Å². The van der Waals surface area contributed by atoms with Gasteiger partial charge in [0.15, 0.2) is 0 Å². The Bertz CT molecular complexity index is 288. The van der Waals surface area contributed by atoms with Crippen LogP contribution in [0.3, 0.4) is 0 Å². The summed E-state index contributed by atoms with van der Waals surface area (Å²) >= 11 is 0. The van der Waals surface area contributed by atoms with Crippen molar-refractivity contribution in [2.24, 2.45) is 0 Å². The van der Waals surface area contributed by atoms with Gasteiger partial charge < -0.3 is 18.7 Å². The standard InChI is InChI=1S/C6H14O.C4H10O3P.C2H3N3/c1-3-4-5-6-7-2;1-4-7-8(3,5)6-2;1-2-4-5-3-1/h3-6H2,1-2H3;3-4H2,1-2H3;1-2H,(H,3,4,5)/q;-1;. The highest BCUT2D eigenvalue weighted by Gasteiger charge is 1.91. The van der Waals surface area contributed by atoms with Crippen molar-refractivity contribution >= 4 is 13.9 Å². The van der Waals surface area contributed by atoms with Gasteiger partial charge in [-0.1, -0.05) is 26.1 Å². The molecule has 1 N–H and O–H groups in total. The van der Waals surface area contributed by atoms with Crippen molar-refractivity contribution in [2.75, 3.05) is 27.4 Å². The van der Waals surface area contributed by atoms with Crippen LogP contribution < -0.4 is 4.89 Å². The number of hydrogen-bond donors (Lipinski definition) is 1. The van der Waals surface area contributed by atoms with E-state index in [9.17, 15) is 4.89 Å². The molecular weight excluding hydrogens is 281 g/mol. The zero-order valence-electron chi connectivity index (χ0n) is 12.9. The van der Waals surface area contributed by atoms with E-state index in [4.69, 9.17) is 4.74 Å². The molecule has 20 heavy (non-hydrogen) atoms. The second kappa shape index (κ2) is 16.3. The molecule has 1 heterocycles. The molecule has 0 saturated carbocycles. The summed E-state index contributed by atoms with van der Waals surface area (Å²) in [4.78, 5) is 10.6. The second-order valence-corrected chi connectivity index (χ2v) is 5.41. The molecule has 1 aromatic heterocycles. The molecule has 0 aliphatic carbocycles. The maximum Gasteiger partial charge on any atom is 0.0690 e. The minimum absolute atomic E-state index is 0.370. The van der Waals surface area contributed by atoms with Gasteiger partial charge in [-0.3, -0.25) is 0 Å². The van der Waals surface area contributed by atoms with Crippen LogP contribution >= 0.6 is 7.57 Å². The van der Waals surface area contributed by atoms with E-state index < -0.39 is 7.57 Å². The Labute approximate surface area is 121 Å². The van der Waals surface area contributed by atoms with Gasteiger partial charge in [0, 0.05) is 35.0 Å². The summed E-state index contributed by atoms with van der Waals surface area (Å²) in [5.41, 5.74) is 0. The Morgan fingerprint density at radius 3 is 2.05 bits per heavy atom. The molecule has 1 rings (SSSR count). The van der Waals surface area contributed by atoms with Gasteiger partial charge in [0.25, 0.3) is 0 Å². The first-order valence-electron chi connectivity index (χ1n) is 6.47. The van der Waals surface area contributed by atoms with Gasteiger partial charge >= 0.3 is 0 Å². The highest BCUT2D eigenvalue weighted by Crippen LogP contribution is 2.35. The van der Waals surface area contributed by atoms with Crippen LogP contribution in [0.2, 0.25) is 0 Å². The summed E-state index contributed by atoms with van der Waals surface area (Å²) in [5.74, 6) is 0. The number of rotatable bonds is 7. The fraction of sp³-hybridized carbons (Fsp3) is 0.750. The molecule has 8 heteroatoms. The van der Waals surface area contributed by atoms with Crippen molar-refractivity contribution in [3.8, 4) is 0 Å². The summed E-state index contributed by atoms with van der Waals surface area (Å²) < 4.78 is 13.8. The smallest absolute Gasteiger partial charge is 0.0690 e. The number of hydrogen-bond acceptors (Lipinski definition) is 6. The van der Waals surface area contributed by atoms with Crippen molar-refractivity contribution in [2.45, 2.75) is 33.1 Å². The van der Waals surface area contributed by atoms with Gasteiger partial charge in [0.1, 0.15) is 0 Å². The Balaban J connectivity index is 0. The molecular formula is C12H27N3O4P-. The summed E-state index contributed by atoms with van der Waals surface area (Å²) in [5, 5.41) is 9.33. The highest BCUT2D eigenvalue weighted by atomic mass is 31.2. The third-order valence-electron chi connectivity index (χ3n) is 1.89. The minimum Gasteiger partial charge on any atom is -0.789 e. The van der Waals surface area contributed by atoms with Crippen molar-refractivity contribution < 1.29 is 18.7 Å². The predicted octanol–water partition coefficient (Wildman–Crippen LogP) is 1.85. The van der Waals surface area contributed by atoms with Crippen LogP contribution in [-0.4, -0.2) is 49.1 Å². The third kappa shape index (κ3) is 19.6. The van der Waals surface area contributed by atoms with Crippen LogP contribution in [0.4, 0.5) is 0 Å². The van der Waals surface area contributed by atoms with Crippen LogP contribution in [0.1, 0.15) is 33.1 Å². The number of aromatic nitrogens is 3. The van der Waals surface area contributed by atoms with E-state index in [0.29, 0.717) is 6.61 Å². The van der Waals surface area contributed by atoms with Gasteiger partial charge in [-0.2, -0.15) is 15.4 Å². The van der Waals surface area contributed by atoms with Crippen molar-refractivity contribution in [1.29, 1.82) is 0 Å². The van der Waals surface area contributed by atoms with Crippen LogP contribution in [0.5, 0.6) is 0 Å². The van der Waals surface area contributed by atoms with E-state index in [0.717, 1.165) is 6.61 Å². The normalized spacial score (nSPS) is 12.4. The van der Waals surface area contributed by atoms with Crippen molar-refractivity contribution in [3.63, 3.8) is 0 Å². The number of unbranched alkanes of at least 4 members (excludes halogenated alkanes) is 2. The lowest BCUT2D eigenvalue weighted by Crippen LogP contribution is -2.05. The van der Waals surface area contributed by atoms with E-state index in [1.807, 2.05) is 0 Å². The Kier molecular flexibility index (Phi) is 17.6. The quantitative estimate of drug-likeness (QED) is 0.610. The molecule has 0 aliphatic rings. The number of H-pyrrole nitrogens is 1. The van der Waals surface area contributed by atoms with Crippen molar-refractivity contribution in [1.82, 2.24) is 15.4 Å². The number of ether oxygens (including phenoxy) is 1. The molecule has 120 valence electrons. The van der Waals surface area contributed by atoms with Crippen LogP contribution in [0.25, 0.3) is 0 Å². The number of nitrogens with zero attached hydrogens (tertiary/aromatic N) is 2. The molecule has 1 unspecified atom stereocenters. The Morgan fingerprint density at radius 2 is 1.80 bits per heavy atom. The lowest BCUT2D eigenvalue weighted by molar-refractivity contribution is -0.205. The van der Waals surface area contributed by atoms with Gasteiger partial charge in [0.2, 0.25) is 0 Å². The zero-order chi connectivity index (χ0) is 15.7. The summed E-state index contributed by atoms with van der Waals surface area (Å²) in [7, 11) is 0.131. The summed E-state index contributed by atoms with van der Waals surface area (Å²) in [6.07, 6.45) is 10.2. The molecule has 0 bridgehead atoms. The van der Waals surface area contributed by atoms with Gasteiger partial charge in [-0.25, -0.2) is 0 Å². The number of methoxy groups -OCH3 is 1. The first-order valence-corrected chi connectivity index (χ1v) is 8.20.